The molecule has 0 saturated carbocycles. The standard InChI is InChI=1S/C20H25NO4/c1-6-17(25-16-10-13(2)9-14(3)11-16)20(22)21-15-7-8-18(23-4)19(12-15)24-5/h7-12,17H,6H2,1-5H3,(H,21,22). The number of benzene rings is 2. The summed E-state index contributed by atoms with van der Waals surface area (Å²) in [5.74, 6) is 1.67. The first-order chi connectivity index (χ1) is 12.0. The molecule has 1 amide bonds. The van der Waals surface area contributed by atoms with Gasteiger partial charge in [-0.1, -0.05) is 13.0 Å². The Balaban J connectivity index is 2.11. The predicted molar refractivity (Wildman–Crippen MR) is 98.8 cm³/mol. The number of amides is 1. The average Bonchev–Trinajstić information content (AvgIpc) is 2.58. The Morgan fingerprint density at radius 2 is 1.64 bits per heavy atom. The smallest absolute Gasteiger partial charge is 0.265 e. The van der Waals surface area contributed by atoms with Gasteiger partial charge in [0.15, 0.2) is 17.6 Å². The molecule has 0 aliphatic carbocycles. The van der Waals surface area contributed by atoms with Crippen LogP contribution in [0.5, 0.6) is 17.2 Å². The maximum atomic E-state index is 12.6. The second-order valence-corrected chi connectivity index (χ2v) is 5.90. The van der Waals surface area contributed by atoms with E-state index in [9.17, 15) is 4.79 Å². The normalized spacial score (nSPS) is 11.6. The van der Waals surface area contributed by atoms with Gasteiger partial charge in [-0.2, -0.15) is 0 Å². The van der Waals surface area contributed by atoms with Crippen molar-refractivity contribution in [2.45, 2.75) is 33.3 Å². The summed E-state index contributed by atoms with van der Waals surface area (Å²) in [4.78, 5) is 12.6. The Bertz CT molecular complexity index is 722. The van der Waals surface area contributed by atoms with Crippen molar-refractivity contribution >= 4 is 11.6 Å². The first-order valence-electron chi connectivity index (χ1n) is 8.24. The van der Waals surface area contributed by atoms with E-state index in [1.165, 1.54) is 0 Å². The molecule has 0 aliphatic rings. The molecule has 0 fully saturated rings. The third-order valence-electron chi connectivity index (χ3n) is 3.79. The van der Waals surface area contributed by atoms with Crippen LogP contribution in [0.15, 0.2) is 36.4 Å². The van der Waals surface area contributed by atoms with Gasteiger partial charge in [-0.15, -0.1) is 0 Å². The molecule has 2 aromatic rings. The lowest BCUT2D eigenvalue weighted by molar-refractivity contribution is -0.122. The van der Waals surface area contributed by atoms with Gasteiger partial charge in [-0.25, -0.2) is 0 Å². The van der Waals surface area contributed by atoms with Crippen LogP contribution in [0.1, 0.15) is 24.5 Å². The van der Waals surface area contributed by atoms with Crippen LogP contribution in [-0.4, -0.2) is 26.2 Å². The summed E-state index contributed by atoms with van der Waals surface area (Å²) in [7, 11) is 3.13. The molecule has 0 aliphatic heterocycles. The van der Waals surface area contributed by atoms with Gasteiger partial charge in [0.05, 0.1) is 14.2 Å². The number of nitrogens with one attached hydrogen (secondary N) is 1. The van der Waals surface area contributed by atoms with Gasteiger partial charge >= 0.3 is 0 Å². The van der Waals surface area contributed by atoms with Crippen molar-refractivity contribution in [1.29, 1.82) is 0 Å². The minimum atomic E-state index is -0.575. The predicted octanol–water partition coefficient (Wildman–Crippen LogP) is 4.12. The molecule has 0 saturated heterocycles. The van der Waals surface area contributed by atoms with Crippen molar-refractivity contribution in [3.05, 3.63) is 47.5 Å². The van der Waals surface area contributed by atoms with Gasteiger partial charge in [-0.3, -0.25) is 4.79 Å². The van der Waals surface area contributed by atoms with Crippen LogP contribution in [0.3, 0.4) is 0 Å². The summed E-state index contributed by atoms with van der Waals surface area (Å²) in [6.07, 6.45) is -0.0131. The molecule has 2 aromatic carbocycles. The Labute approximate surface area is 148 Å². The summed E-state index contributed by atoms with van der Waals surface area (Å²) >= 11 is 0. The summed E-state index contributed by atoms with van der Waals surface area (Å²) in [6, 6.07) is 11.2. The number of rotatable bonds is 7. The fraction of sp³-hybridized carbons (Fsp3) is 0.350. The van der Waals surface area contributed by atoms with Crippen LogP contribution < -0.4 is 19.5 Å². The largest absolute Gasteiger partial charge is 0.493 e. The molecule has 1 N–H and O–H groups in total. The molecule has 1 atom stereocenters. The van der Waals surface area contributed by atoms with E-state index < -0.39 is 6.10 Å². The summed E-state index contributed by atoms with van der Waals surface area (Å²) in [5.41, 5.74) is 2.83. The van der Waals surface area contributed by atoms with Crippen molar-refractivity contribution in [3.8, 4) is 17.2 Å². The highest BCUT2D eigenvalue weighted by Crippen LogP contribution is 2.30. The molecule has 25 heavy (non-hydrogen) atoms. The minimum Gasteiger partial charge on any atom is -0.493 e. The molecule has 5 nitrogen and oxygen atoms in total. The number of anilines is 1. The zero-order chi connectivity index (χ0) is 18.4. The van der Waals surface area contributed by atoms with Crippen LogP contribution >= 0.6 is 0 Å². The Morgan fingerprint density at radius 3 is 2.20 bits per heavy atom. The molecule has 0 aromatic heterocycles. The van der Waals surface area contributed by atoms with Gasteiger partial charge in [0, 0.05) is 11.8 Å². The molecule has 1 unspecified atom stereocenters. The number of carbonyl (C=O) groups is 1. The molecular formula is C20H25NO4. The zero-order valence-electron chi connectivity index (χ0n) is 15.4. The second-order valence-electron chi connectivity index (χ2n) is 5.90. The fourth-order valence-corrected chi connectivity index (χ4v) is 2.62. The number of hydrogen-bond acceptors (Lipinski definition) is 4. The first kappa shape index (κ1) is 18.6. The van der Waals surface area contributed by atoms with E-state index in [0.717, 1.165) is 11.1 Å². The van der Waals surface area contributed by atoms with Crippen LogP contribution in [0.4, 0.5) is 5.69 Å². The average molecular weight is 343 g/mol. The molecule has 2 rings (SSSR count). The van der Waals surface area contributed by atoms with Crippen molar-refractivity contribution in [2.75, 3.05) is 19.5 Å². The molecule has 134 valence electrons. The lowest BCUT2D eigenvalue weighted by atomic mass is 10.1. The highest BCUT2D eigenvalue weighted by Gasteiger charge is 2.19. The van der Waals surface area contributed by atoms with Crippen LogP contribution in [0, 0.1) is 13.8 Å². The molecule has 0 heterocycles. The van der Waals surface area contributed by atoms with E-state index in [1.807, 2.05) is 32.9 Å². The third-order valence-corrected chi connectivity index (χ3v) is 3.79. The van der Waals surface area contributed by atoms with Crippen LogP contribution in [0.2, 0.25) is 0 Å². The van der Waals surface area contributed by atoms with Gasteiger partial charge in [0.25, 0.3) is 5.91 Å². The first-order valence-corrected chi connectivity index (χ1v) is 8.24. The van der Waals surface area contributed by atoms with E-state index in [2.05, 4.69) is 11.4 Å². The quantitative estimate of drug-likeness (QED) is 0.822. The molecular weight excluding hydrogens is 318 g/mol. The lowest BCUT2D eigenvalue weighted by Crippen LogP contribution is -2.32. The number of methoxy groups -OCH3 is 2. The van der Waals surface area contributed by atoms with E-state index in [0.29, 0.717) is 29.4 Å². The lowest BCUT2D eigenvalue weighted by Gasteiger charge is -2.18. The number of carbonyl (C=O) groups excluding carboxylic acids is 1. The zero-order valence-corrected chi connectivity index (χ0v) is 15.4. The van der Waals surface area contributed by atoms with Crippen molar-refractivity contribution in [2.24, 2.45) is 0 Å². The molecule has 0 radical (unpaired) electrons. The van der Waals surface area contributed by atoms with Gasteiger partial charge in [-0.05, 0) is 55.7 Å². The van der Waals surface area contributed by atoms with E-state index in [1.54, 1.807) is 32.4 Å². The summed E-state index contributed by atoms with van der Waals surface area (Å²) < 4.78 is 16.4. The van der Waals surface area contributed by atoms with E-state index >= 15 is 0 Å². The highest BCUT2D eigenvalue weighted by molar-refractivity contribution is 5.94. The summed E-state index contributed by atoms with van der Waals surface area (Å²) in [6.45, 7) is 5.93. The third kappa shape index (κ3) is 4.89. The number of ether oxygens (including phenoxy) is 3. The minimum absolute atomic E-state index is 0.200. The highest BCUT2D eigenvalue weighted by atomic mass is 16.5. The van der Waals surface area contributed by atoms with Gasteiger partial charge < -0.3 is 19.5 Å². The number of aryl methyl sites for hydroxylation is 2. The summed E-state index contributed by atoms with van der Waals surface area (Å²) in [5, 5.41) is 2.87. The topological polar surface area (TPSA) is 56.8 Å². The Hall–Kier alpha value is -2.69. The van der Waals surface area contributed by atoms with E-state index in [-0.39, 0.29) is 5.91 Å². The van der Waals surface area contributed by atoms with Gasteiger partial charge in [0.2, 0.25) is 0 Å². The molecule has 0 bridgehead atoms. The Kier molecular flexibility index (Phi) is 6.28. The second kappa shape index (κ2) is 8.42. The van der Waals surface area contributed by atoms with Crippen LogP contribution in [-0.2, 0) is 4.79 Å². The fourth-order valence-electron chi connectivity index (χ4n) is 2.62. The maximum absolute atomic E-state index is 12.6. The van der Waals surface area contributed by atoms with Crippen molar-refractivity contribution < 1.29 is 19.0 Å². The van der Waals surface area contributed by atoms with Crippen molar-refractivity contribution in [3.63, 3.8) is 0 Å². The maximum Gasteiger partial charge on any atom is 0.265 e. The molecule has 5 heteroatoms. The Morgan fingerprint density at radius 1 is 1.00 bits per heavy atom. The number of hydrogen-bond donors (Lipinski definition) is 1. The SMILES string of the molecule is CCC(Oc1cc(C)cc(C)c1)C(=O)Nc1ccc(OC)c(OC)c1. The van der Waals surface area contributed by atoms with Crippen molar-refractivity contribution in [1.82, 2.24) is 0 Å². The van der Waals surface area contributed by atoms with Crippen LogP contribution in [0.25, 0.3) is 0 Å². The van der Waals surface area contributed by atoms with Gasteiger partial charge in [0.1, 0.15) is 5.75 Å². The molecule has 0 spiro atoms. The monoisotopic (exact) mass is 343 g/mol. The van der Waals surface area contributed by atoms with E-state index in [4.69, 9.17) is 14.2 Å².